The molecular weight excluding hydrogens is 282 g/mol. The summed E-state index contributed by atoms with van der Waals surface area (Å²) in [6.45, 7) is 4.62. The molecule has 0 spiro atoms. The first-order chi connectivity index (χ1) is 8.89. The van der Waals surface area contributed by atoms with E-state index in [1.165, 1.54) is 0 Å². The average Bonchev–Trinajstić information content (AvgIpc) is 2.91. The van der Waals surface area contributed by atoms with Crippen LogP contribution in [-0.4, -0.2) is 34.8 Å². The van der Waals surface area contributed by atoms with E-state index in [9.17, 15) is 8.42 Å². The molecule has 2 aromatic rings. The highest BCUT2D eigenvalue weighted by molar-refractivity contribution is 7.91. The molecule has 1 fully saturated rings. The van der Waals surface area contributed by atoms with E-state index in [4.69, 9.17) is 0 Å². The summed E-state index contributed by atoms with van der Waals surface area (Å²) in [7, 11) is -2.87. The van der Waals surface area contributed by atoms with Crippen LogP contribution in [0.2, 0.25) is 0 Å². The predicted octanol–water partition coefficient (Wildman–Crippen LogP) is 1.37. The van der Waals surface area contributed by atoms with Crippen molar-refractivity contribution in [1.82, 2.24) is 14.7 Å². The van der Waals surface area contributed by atoms with Gasteiger partial charge in [0.2, 0.25) is 0 Å². The summed E-state index contributed by atoms with van der Waals surface area (Å²) in [6.07, 6.45) is 2.69. The number of nitrogens with one attached hydrogen (secondary N) is 1. The van der Waals surface area contributed by atoms with E-state index in [-0.39, 0.29) is 17.0 Å². The lowest BCUT2D eigenvalue weighted by atomic mass is 10.0. The van der Waals surface area contributed by atoms with Crippen LogP contribution in [0.1, 0.15) is 24.7 Å². The van der Waals surface area contributed by atoms with Crippen molar-refractivity contribution in [2.45, 2.75) is 32.4 Å². The van der Waals surface area contributed by atoms with E-state index in [1.807, 2.05) is 25.4 Å². The minimum atomic E-state index is -2.87. The molecule has 1 unspecified atom stereocenters. The lowest BCUT2D eigenvalue weighted by Crippen LogP contribution is -2.43. The molecule has 1 aliphatic rings. The third kappa shape index (κ3) is 2.42. The smallest absolute Gasteiger partial charge is 0.194 e. The largest absolute Gasteiger partial charge is 0.305 e. The van der Waals surface area contributed by atoms with Crippen molar-refractivity contribution in [3.05, 3.63) is 23.0 Å². The van der Waals surface area contributed by atoms with Gasteiger partial charge in [-0.1, -0.05) is 0 Å². The Labute approximate surface area is 116 Å². The third-order valence-corrected chi connectivity index (χ3v) is 6.41. The van der Waals surface area contributed by atoms with Gasteiger partial charge in [-0.15, -0.1) is 11.3 Å². The van der Waals surface area contributed by atoms with Crippen LogP contribution in [0.3, 0.4) is 0 Å². The van der Waals surface area contributed by atoms with Crippen molar-refractivity contribution >= 4 is 26.1 Å². The van der Waals surface area contributed by atoms with E-state index < -0.39 is 9.84 Å². The molecule has 3 heterocycles. The molecule has 0 aliphatic carbocycles. The van der Waals surface area contributed by atoms with Crippen LogP contribution in [0.4, 0.5) is 0 Å². The molecule has 5 nitrogen and oxygen atoms in total. The zero-order chi connectivity index (χ0) is 13.7. The van der Waals surface area contributed by atoms with Crippen molar-refractivity contribution in [3.63, 3.8) is 0 Å². The number of fused-ring (bicyclic) bond motifs is 1. The van der Waals surface area contributed by atoms with Crippen LogP contribution in [0.25, 0.3) is 4.96 Å². The Morgan fingerprint density at radius 2 is 2.37 bits per heavy atom. The number of hydrogen-bond acceptors (Lipinski definition) is 5. The SMILES string of the molecule is Cc1nc2sccn2c1CNC1(C)CCS(=O)(=O)C1. The number of aryl methyl sites for hydroxylation is 1. The standard InChI is InChI=1S/C12H17N3O2S2/c1-9-10(15-4-5-18-11(15)14-9)7-13-12(2)3-6-19(16,17)8-12/h4-5,13H,3,6-8H2,1-2H3. The van der Waals surface area contributed by atoms with Crippen LogP contribution < -0.4 is 5.32 Å². The summed E-state index contributed by atoms with van der Waals surface area (Å²) >= 11 is 1.61. The highest BCUT2D eigenvalue weighted by Crippen LogP contribution is 2.24. The Morgan fingerprint density at radius 1 is 1.58 bits per heavy atom. The van der Waals surface area contributed by atoms with Crippen molar-refractivity contribution in [2.75, 3.05) is 11.5 Å². The van der Waals surface area contributed by atoms with E-state index in [0.717, 1.165) is 16.3 Å². The van der Waals surface area contributed by atoms with Crippen LogP contribution >= 0.6 is 11.3 Å². The molecule has 7 heteroatoms. The second-order valence-corrected chi connectivity index (χ2v) is 8.51. The van der Waals surface area contributed by atoms with E-state index in [2.05, 4.69) is 14.7 Å². The average molecular weight is 299 g/mol. The van der Waals surface area contributed by atoms with Gasteiger partial charge >= 0.3 is 0 Å². The molecule has 1 atom stereocenters. The Hall–Kier alpha value is -0.920. The Balaban J connectivity index is 1.79. The first kappa shape index (κ1) is 13.1. The highest BCUT2D eigenvalue weighted by atomic mass is 32.2. The first-order valence-corrected chi connectivity index (χ1v) is 8.95. The molecule has 3 rings (SSSR count). The van der Waals surface area contributed by atoms with Gasteiger partial charge in [0, 0.05) is 23.7 Å². The highest BCUT2D eigenvalue weighted by Gasteiger charge is 2.38. The van der Waals surface area contributed by atoms with Crippen molar-refractivity contribution in [2.24, 2.45) is 0 Å². The maximum absolute atomic E-state index is 11.6. The maximum atomic E-state index is 11.6. The second kappa shape index (κ2) is 4.29. The molecule has 0 amide bonds. The summed E-state index contributed by atoms with van der Waals surface area (Å²) < 4.78 is 25.2. The van der Waals surface area contributed by atoms with Gasteiger partial charge in [-0.3, -0.25) is 4.40 Å². The summed E-state index contributed by atoms with van der Waals surface area (Å²) in [6, 6.07) is 0. The van der Waals surface area contributed by atoms with Gasteiger partial charge in [-0.2, -0.15) is 0 Å². The summed E-state index contributed by atoms with van der Waals surface area (Å²) in [5.74, 6) is 0.514. The van der Waals surface area contributed by atoms with Gasteiger partial charge < -0.3 is 5.32 Å². The number of aromatic nitrogens is 2. The summed E-state index contributed by atoms with van der Waals surface area (Å²) in [4.78, 5) is 5.48. The fourth-order valence-electron chi connectivity index (χ4n) is 2.60. The number of rotatable bonds is 3. The Kier molecular flexibility index (Phi) is 2.95. The topological polar surface area (TPSA) is 63.5 Å². The third-order valence-electron chi connectivity index (χ3n) is 3.75. The Bertz CT molecular complexity index is 716. The van der Waals surface area contributed by atoms with Gasteiger partial charge in [-0.25, -0.2) is 13.4 Å². The fourth-order valence-corrected chi connectivity index (χ4v) is 5.50. The summed E-state index contributed by atoms with van der Waals surface area (Å²) in [5, 5.41) is 5.41. The molecule has 1 N–H and O–H groups in total. The number of nitrogens with zero attached hydrogens (tertiary/aromatic N) is 2. The van der Waals surface area contributed by atoms with Crippen LogP contribution in [0, 0.1) is 6.92 Å². The predicted molar refractivity (Wildman–Crippen MR) is 76.3 cm³/mol. The maximum Gasteiger partial charge on any atom is 0.194 e. The van der Waals surface area contributed by atoms with Gasteiger partial charge in [0.15, 0.2) is 14.8 Å². The van der Waals surface area contributed by atoms with Gasteiger partial charge in [0.25, 0.3) is 0 Å². The van der Waals surface area contributed by atoms with E-state index >= 15 is 0 Å². The molecule has 0 radical (unpaired) electrons. The molecule has 0 bridgehead atoms. The minimum Gasteiger partial charge on any atom is -0.305 e. The lowest BCUT2D eigenvalue weighted by molar-refractivity contribution is 0.392. The number of imidazole rings is 1. The summed E-state index contributed by atoms with van der Waals surface area (Å²) in [5.41, 5.74) is 1.80. The van der Waals surface area contributed by atoms with Crippen LogP contribution in [-0.2, 0) is 16.4 Å². The molecule has 19 heavy (non-hydrogen) atoms. The monoisotopic (exact) mass is 299 g/mol. The lowest BCUT2D eigenvalue weighted by Gasteiger charge is -2.23. The van der Waals surface area contributed by atoms with E-state index in [0.29, 0.717) is 13.0 Å². The molecule has 0 aromatic carbocycles. The van der Waals surface area contributed by atoms with Gasteiger partial charge in [-0.05, 0) is 20.3 Å². The fraction of sp³-hybridized carbons (Fsp3) is 0.583. The zero-order valence-corrected chi connectivity index (χ0v) is 12.6. The normalized spacial score (nSPS) is 26.2. The second-order valence-electron chi connectivity index (χ2n) is 5.46. The molecule has 2 aromatic heterocycles. The van der Waals surface area contributed by atoms with Crippen LogP contribution in [0.15, 0.2) is 11.6 Å². The van der Waals surface area contributed by atoms with E-state index in [1.54, 1.807) is 11.3 Å². The van der Waals surface area contributed by atoms with Gasteiger partial charge in [0.1, 0.15) is 0 Å². The number of hydrogen-bond donors (Lipinski definition) is 1. The Morgan fingerprint density at radius 3 is 3.05 bits per heavy atom. The molecule has 1 aliphatic heterocycles. The quantitative estimate of drug-likeness (QED) is 0.930. The minimum absolute atomic E-state index is 0.227. The first-order valence-electron chi connectivity index (χ1n) is 6.25. The molecule has 1 saturated heterocycles. The molecule has 104 valence electrons. The molecule has 0 saturated carbocycles. The molecular formula is C12H17N3O2S2. The number of sulfone groups is 1. The van der Waals surface area contributed by atoms with Crippen molar-refractivity contribution < 1.29 is 8.42 Å². The van der Waals surface area contributed by atoms with Crippen LogP contribution in [0.5, 0.6) is 0 Å². The number of thiazole rings is 1. The van der Waals surface area contributed by atoms with Crippen molar-refractivity contribution in [3.8, 4) is 0 Å². The van der Waals surface area contributed by atoms with Gasteiger partial charge in [0.05, 0.1) is 22.9 Å². The van der Waals surface area contributed by atoms with Crippen molar-refractivity contribution in [1.29, 1.82) is 0 Å². The zero-order valence-electron chi connectivity index (χ0n) is 11.0.